The van der Waals surface area contributed by atoms with Crippen molar-refractivity contribution in [2.75, 3.05) is 17.1 Å². The lowest BCUT2D eigenvalue weighted by Gasteiger charge is -2.34. The average Bonchev–Trinajstić information content (AvgIpc) is 2.83. The van der Waals surface area contributed by atoms with Gasteiger partial charge in [0.1, 0.15) is 12.6 Å². The highest BCUT2D eigenvalue weighted by Crippen LogP contribution is 2.25. The molecular formula is C28H39N3O4S. The number of aryl methyl sites for hydroxylation is 2. The third-order valence-corrected chi connectivity index (χ3v) is 7.96. The van der Waals surface area contributed by atoms with E-state index < -0.39 is 22.0 Å². The van der Waals surface area contributed by atoms with Crippen LogP contribution in [0.25, 0.3) is 0 Å². The molecule has 0 aliphatic heterocycles. The predicted octanol–water partition coefficient (Wildman–Crippen LogP) is 4.33. The van der Waals surface area contributed by atoms with E-state index in [1.165, 1.54) is 11.3 Å². The van der Waals surface area contributed by atoms with Gasteiger partial charge in [-0.05, 0) is 50.3 Å². The van der Waals surface area contributed by atoms with Gasteiger partial charge < -0.3 is 10.2 Å². The quantitative estimate of drug-likeness (QED) is 0.512. The molecule has 3 rings (SSSR count). The van der Waals surface area contributed by atoms with Gasteiger partial charge in [-0.15, -0.1) is 0 Å². The Balaban J connectivity index is 1.91. The molecule has 8 heteroatoms. The van der Waals surface area contributed by atoms with Gasteiger partial charge in [0.05, 0.1) is 11.9 Å². The number of hydrogen-bond donors (Lipinski definition) is 1. The fourth-order valence-corrected chi connectivity index (χ4v) is 5.83. The Labute approximate surface area is 215 Å². The summed E-state index contributed by atoms with van der Waals surface area (Å²) < 4.78 is 26.7. The lowest BCUT2D eigenvalue weighted by atomic mass is 9.95. The molecule has 1 fully saturated rings. The number of rotatable bonds is 10. The second kappa shape index (κ2) is 12.4. The molecule has 36 heavy (non-hydrogen) atoms. The molecular weight excluding hydrogens is 474 g/mol. The van der Waals surface area contributed by atoms with Crippen LogP contribution in [0, 0.1) is 13.8 Å². The number of amides is 2. The fraction of sp³-hybridized carbons (Fsp3) is 0.500. The van der Waals surface area contributed by atoms with Crippen LogP contribution >= 0.6 is 0 Å². The zero-order chi connectivity index (χ0) is 26.3. The van der Waals surface area contributed by atoms with Crippen LogP contribution in [0.3, 0.4) is 0 Å². The van der Waals surface area contributed by atoms with E-state index in [9.17, 15) is 18.0 Å². The normalized spacial score (nSPS) is 15.2. The number of nitrogens with one attached hydrogen (secondary N) is 1. The summed E-state index contributed by atoms with van der Waals surface area (Å²) in [6.45, 7) is 5.50. The van der Waals surface area contributed by atoms with Crippen molar-refractivity contribution < 1.29 is 18.0 Å². The lowest BCUT2D eigenvalue weighted by molar-refractivity contribution is -0.140. The Morgan fingerprint density at radius 1 is 1.03 bits per heavy atom. The number of carbonyl (C=O) groups excluding carboxylic acids is 2. The molecule has 0 heterocycles. The van der Waals surface area contributed by atoms with Crippen molar-refractivity contribution in [3.63, 3.8) is 0 Å². The first-order chi connectivity index (χ1) is 17.1. The van der Waals surface area contributed by atoms with Gasteiger partial charge in [-0.25, -0.2) is 8.42 Å². The SMILES string of the molecule is CCC(C(=O)NC1CCCCC1)N(Cc1ccccc1)C(=O)CN(c1ccc(C)cc1C)S(C)(=O)=O. The number of anilines is 1. The van der Waals surface area contributed by atoms with Crippen molar-refractivity contribution >= 4 is 27.5 Å². The monoisotopic (exact) mass is 513 g/mol. The molecule has 0 radical (unpaired) electrons. The first-order valence-corrected chi connectivity index (χ1v) is 14.6. The van der Waals surface area contributed by atoms with Crippen LogP contribution in [0.1, 0.15) is 62.1 Å². The molecule has 0 aromatic heterocycles. The molecule has 0 saturated heterocycles. The highest BCUT2D eigenvalue weighted by atomic mass is 32.2. The second-order valence-electron chi connectivity index (χ2n) is 9.83. The van der Waals surface area contributed by atoms with E-state index in [4.69, 9.17) is 0 Å². The summed E-state index contributed by atoms with van der Waals surface area (Å²) in [5.74, 6) is -0.582. The zero-order valence-corrected chi connectivity index (χ0v) is 22.7. The summed E-state index contributed by atoms with van der Waals surface area (Å²) in [4.78, 5) is 28.7. The first kappa shape index (κ1) is 27.7. The van der Waals surface area contributed by atoms with Crippen LogP contribution in [0.5, 0.6) is 0 Å². The van der Waals surface area contributed by atoms with Gasteiger partial charge in [-0.3, -0.25) is 13.9 Å². The van der Waals surface area contributed by atoms with E-state index in [2.05, 4.69) is 5.32 Å². The van der Waals surface area contributed by atoms with Crippen LogP contribution in [-0.2, 0) is 26.2 Å². The van der Waals surface area contributed by atoms with Gasteiger partial charge in [0, 0.05) is 12.6 Å². The first-order valence-electron chi connectivity index (χ1n) is 12.8. The molecule has 0 bridgehead atoms. The van der Waals surface area contributed by atoms with Crippen molar-refractivity contribution in [1.29, 1.82) is 0 Å². The van der Waals surface area contributed by atoms with Gasteiger partial charge in [0.2, 0.25) is 21.8 Å². The third kappa shape index (κ3) is 7.32. The summed E-state index contributed by atoms with van der Waals surface area (Å²) in [5.41, 5.74) is 3.13. The smallest absolute Gasteiger partial charge is 0.244 e. The molecule has 1 saturated carbocycles. The molecule has 2 amide bonds. The van der Waals surface area contributed by atoms with E-state index in [0.717, 1.165) is 52.9 Å². The Hall–Kier alpha value is -2.87. The number of nitrogens with zero attached hydrogens (tertiary/aromatic N) is 2. The van der Waals surface area contributed by atoms with Crippen LogP contribution in [0.15, 0.2) is 48.5 Å². The maximum Gasteiger partial charge on any atom is 0.244 e. The van der Waals surface area contributed by atoms with E-state index >= 15 is 0 Å². The molecule has 7 nitrogen and oxygen atoms in total. The molecule has 2 aromatic carbocycles. The highest BCUT2D eigenvalue weighted by Gasteiger charge is 2.33. The molecule has 1 aliphatic carbocycles. The molecule has 196 valence electrons. The number of sulfonamides is 1. The zero-order valence-electron chi connectivity index (χ0n) is 21.9. The largest absolute Gasteiger partial charge is 0.352 e. The Morgan fingerprint density at radius 3 is 2.28 bits per heavy atom. The molecule has 1 N–H and O–H groups in total. The van der Waals surface area contributed by atoms with Crippen LogP contribution < -0.4 is 9.62 Å². The highest BCUT2D eigenvalue weighted by molar-refractivity contribution is 7.92. The summed E-state index contributed by atoms with van der Waals surface area (Å²) in [6, 6.07) is 14.4. The van der Waals surface area contributed by atoms with E-state index in [1.807, 2.05) is 63.2 Å². The van der Waals surface area contributed by atoms with Crippen molar-refractivity contribution in [2.45, 2.75) is 77.9 Å². The molecule has 1 unspecified atom stereocenters. The maximum atomic E-state index is 13.8. The Morgan fingerprint density at radius 2 is 1.69 bits per heavy atom. The molecule has 1 aliphatic rings. The molecule has 2 aromatic rings. The molecule has 1 atom stereocenters. The van der Waals surface area contributed by atoms with Crippen molar-refractivity contribution in [3.8, 4) is 0 Å². The van der Waals surface area contributed by atoms with Crippen LogP contribution in [-0.4, -0.2) is 50.0 Å². The summed E-state index contributed by atoms with van der Waals surface area (Å²) in [5, 5.41) is 3.16. The van der Waals surface area contributed by atoms with Crippen molar-refractivity contribution in [1.82, 2.24) is 10.2 Å². The van der Waals surface area contributed by atoms with Crippen molar-refractivity contribution in [2.24, 2.45) is 0 Å². The lowest BCUT2D eigenvalue weighted by Crippen LogP contribution is -2.54. The second-order valence-corrected chi connectivity index (χ2v) is 11.7. The summed E-state index contributed by atoms with van der Waals surface area (Å²) in [6.07, 6.45) is 6.80. The van der Waals surface area contributed by atoms with Gasteiger partial charge in [-0.1, -0.05) is 74.2 Å². The van der Waals surface area contributed by atoms with Crippen molar-refractivity contribution in [3.05, 3.63) is 65.2 Å². The fourth-order valence-electron chi connectivity index (χ4n) is 4.92. The number of carbonyl (C=O) groups is 2. The topological polar surface area (TPSA) is 86.8 Å². The van der Waals surface area contributed by atoms with Gasteiger partial charge in [0.25, 0.3) is 0 Å². The summed E-state index contributed by atoms with van der Waals surface area (Å²) >= 11 is 0. The number of hydrogen-bond acceptors (Lipinski definition) is 4. The van der Waals surface area contributed by atoms with Gasteiger partial charge in [-0.2, -0.15) is 0 Å². The number of benzene rings is 2. The molecule has 0 spiro atoms. The van der Waals surface area contributed by atoms with Crippen LogP contribution in [0.4, 0.5) is 5.69 Å². The Kier molecular flexibility index (Phi) is 9.54. The third-order valence-electron chi connectivity index (χ3n) is 6.83. The minimum absolute atomic E-state index is 0.122. The van der Waals surface area contributed by atoms with Gasteiger partial charge in [0.15, 0.2) is 0 Å². The Bertz CT molecular complexity index is 1140. The standard InChI is InChI=1S/C28H39N3O4S/c1-5-25(28(33)29-24-14-10-7-11-15-24)30(19-23-12-8-6-9-13-23)27(32)20-31(36(4,34)35)26-17-16-21(2)18-22(26)3/h6,8-9,12-13,16-18,24-25H,5,7,10-11,14-15,19-20H2,1-4H3,(H,29,33). The van der Waals surface area contributed by atoms with E-state index in [-0.39, 0.29) is 25.0 Å². The van der Waals surface area contributed by atoms with E-state index in [1.54, 1.807) is 6.07 Å². The average molecular weight is 514 g/mol. The maximum absolute atomic E-state index is 13.8. The minimum Gasteiger partial charge on any atom is -0.352 e. The predicted molar refractivity (Wildman–Crippen MR) is 144 cm³/mol. The van der Waals surface area contributed by atoms with Crippen LogP contribution in [0.2, 0.25) is 0 Å². The van der Waals surface area contributed by atoms with Gasteiger partial charge >= 0.3 is 0 Å². The van der Waals surface area contributed by atoms with E-state index in [0.29, 0.717) is 12.1 Å². The summed E-state index contributed by atoms with van der Waals surface area (Å²) in [7, 11) is -3.74. The minimum atomic E-state index is -3.74.